The van der Waals surface area contributed by atoms with Crippen LogP contribution in [0.3, 0.4) is 0 Å². The third-order valence-electron chi connectivity index (χ3n) is 17.2. The van der Waals surface area contributed by atoms with Gasteiger partial charge in [-0.3, -0.25) is 0 Å². The summed E-state index contributed by atoms with van der Waals surface area (Å²) in [6.07, 6.45) is 15.7. The van der Waals surface area contributed by atoms with Crippen LogP contribution in [0.1, 0.15) is 77.0 Å². The Morgan fingerprint density at radius 1 is 0.236 bits per heavy atom. The Bertz CT molecular complexity index is 3150. The Balaban J connectivity index is 0.902. The molecule has 3 fully saturated rings. The SMILES string of the molecule is c1ccc2c(c1)c1cc(-c3cc(-c4ccc5c(c4)c4ccccc4n5CCCN4CCCCC4)cc(-c4ccc5c(c4)c4ccccc4n5CCCN4CCCCC4)c3)ccc1n2CCCN1CCCCC1. The second kappa shape index (κ2) is 20.4. The molecule has 0 aliphatic carbocycles. The molecule has 7 aromatic carbocycles. The normalized spacial score (nSPS) is 16.7. The maximum atomic E-state index is 2.68. The Hall–Kier alpha value is -6.18. The number of piperidine rings is 3. The maximum Gasteiger partial charge on any atom is 0.0491 e. The lowest BCUT2D eigenvalue weighted by Crippen LogP contribution is -2.31. The van der Waals surface area contributed by atoms with Crippen molar-refractivity contribution in [2.75, 3.05) is 58.9 Å². The molecule has 3 aliphatic rings. The van der Waals surface area contributed by atoms with Crippen LogP contribution in [0.2, 0.25) is 0 Å². The molecule has 6 heterocycles. The zero-order valence-corrected chi connectivity index (χ0v) is 42.5. The van der Waals surface area contributed by atoms with E-state index in [0.29, 0.717) is 0 Å². The van der Waals surface area contributed by atoms with E-state index in [0.717, 1.165) is 19.6 Å². The van der Waals surface area contributed by atoms with Crippen LogP contribution in [-0.2, 0) is 19.6 Å². The van der Waals surface area contributed by atoms with Gasteiger partial charge in [0, 0.05) is 85.1 Å². The number of rotatable bonds is 15. The average Bonchev–Trinajstić information content (AvgIpc) is 4.06. The molecular weight excluding hydrogens is 877 g/mol. The fourth-order valence-electron chi connectivity index (χ4n) is 13.5. The molecule has 13 rings (SSSR count). The lowest BCUT2D eigenvalue weighted by Gasteiger charge is -2.26. The zero-order chi connectivity index (χ0) is 47.8. The van der Waals surface area contributed by atoms with Crippen LogP contribution in [0.4, 0.5) is 0 Å². The Kier molecular flexibility index (Phi) is 12.9. The minimum absolute atomic E-state index is 1.04. The number of fused-ring (bicyclic) bond motifs is 9. The number of hydrogen-bond donors (Lipinski definition) is 0. The number of nitrogens with zero attached hydrogens (tertiary/aromatic N) is 6. The first-order valence-corrected chi connectivity index (χ1v) is 28.1. The van der Waals surface area contributed by atoms with Crippen molar-refractivity contribution in [2.45, 2.75) is 96.7 Å². The minimum Gasteiger partial charge on any atom is -0.340 e. The molecule has 0 amide bonds. The second-order valence-electron chi connectivity index (χ2n) is 21.8. The molecule has 72 heavy (non-hydrogen) atoms. The summed E-state index contributed by atoms with van der Waals surface area (Å²) >= 11 is 0. The number of benzene rings is 7. The van der Waals surface area contributed by atoms with E-state index in [-0.39, 0.29) is 0 Å². The summed E-state index contributed by atoms with van der Waals surface area (Å²) < 4.78 is 7.79. The molecule has 0 saturated carbocycles. The average molecular weight is 949 g/mol. The molecule has 0 unspecified atom stereocenters. The molecule has 0 bridgehead atoms. The fourth-order valence-corrected chi connectivity index (χ4v) is 13.5. The summed E-state index contributed by atoms with van der Waals surface area (Å²) in [5, 5.41) is 8.07. The molecule has 0 spiro atoms. The third-order valence-corrected chi connectivity index (χ3v) is 17.2. The third kappa shape index (κ3) is 8.94. The Morgan fingerprint density at radius 2 is 0.514 bits per heavy atom. The second-order valence-corrected chi connectivity index (χ2v) is 21.8. The van der Waals surface area contributed by atoms with Gasteiger partial charge < -0.3 is 28.4 Å². The van der Waals surface area contributed by atoms with Gasteiger partial charge in [-0.25, -0.2) is 0 Å². The highest BCUT2D eigenvalue weighted by Crippen LogP contribution is 2.41. The molecule has 3 aliphatic heterocycles. The van der Waals surface area contributed by atoms with Gasteiger partial charge >= 0.3 is 0 Å². The first-order chi connectivity index (χ1) is 35.7. The zero-order valence-electron chi connectivity index (χ0n) is 42.5. The fraction of sp³-hybridized carbons (Fsp3) is 0.364. The van der Waals surface area contributed by atoms with Gasteiger partial charge in [-0.1, -0.05) is 92.1 Å². The number of aromatic nitrogens is 3. The van der Waals surface area contributed by atoms with E-state index in [2.05, 4.69) is 174 Å². The smallest absolute Gasteiger partial charge is 0.0491 e. The number of likely N-dealkylation sites (tertiary alicyclic amines) is 3. The van der Waals surface area contributed by atoms with Gasteiger partial charge in [0.2, 0.25) is 0 Å². The van der Waals surface area contributed by atoms with E-state index in [1.165, 1.54) is 235 Å². The largest absolute Gasteiger partial charge is 0.340 e. The lowest BCUT2D eigenvalue weighted by atomic mass is 9.92. The predicted octanol–water partition coefficient (Wildman–Crippen LogP) is 15.6. The first kappa shape index (κ1) is 45.7. The van der Waals surface area contributed by atoms with Gasteiger partial charge in [0.1, 0.15) is 0 Å². The topological polar surface area (TPSA) is 24.5 Å². The molecule has 0 atom stereocenters. The molecule has 366 valence electrons. The van der Waals surface area contributed by atoms with Crippen molar-refractivity contribution in [3.05, 3.63) is 146 Å². The highest BCUT2D eigenvalue weighted by molar-refractivity contribution is 6.12. The van der Waals surface area contributed by atoms with Crippen LogP contribution in [0.15, 0.2) is 146 Å². The van der Waals surface area contributed by atoms with Crippen molar-refractivity contribution in [2.24, 2.45) is 0 Å². The van der Waals surface area contributed by atoms with Crippen LogP contribution in [0.5, 0.6) is 0 Å². The van der Waals surface area contributed by atoms with E-state index in [4.69, 9.17) is 0 Å². The van der Waals surface area contributed by atoms with E-state index in [1.807, 2.05) is 0 Å². The minimum atomic E-state index is 1.04. The van der Waals surface area contributed by atoms with E-state index < -0.39 is 0 Å². The monoisotopic (exact) mass is 949 g/mol. The summed E-state index contributed by atoms with van der Waals surface area (Å²) in [4.78, 5) is 8.04. The lowest BCUT2D eigenvalue weighted by molar-refractivity contribution is 0.223. The van der Waals surface area contributed by atoms with Gasteiger partial charge in [-0.15, -0.1) is 0 Å². The van der Waals surface area contributed by atoms with Crippen molar-refractivity contribution in [1.29, 1.82) is 0 Å². The van der Waals surface area contributed by atoms with Crippen LogP contribution in [-0.4, -0.2) is 87.3 Å². The van der Waals surface area contributed by atoms with E-state index >= 15 is 0 Å². The molecule has 3 saturated heterocycles. The highest BCUT2D eigenvalue weighted by Gasteiger charge is 2.19. The molecule has 0 N–H and O–H groups in total. The summed E-state index contributed by atoms with van der Waals surface area (Å²) in [6, 6.07) is 56.6. The number of hydrogen-bond acceptors (Lipinski definition) is 3. The van der Waals surface area contributed by atoms with Crippen molar-refractivity contribution in [3.63, 3.8) is 0 Å². The maximum absolute atomic E-state index is 2.68. The van der Waals surface area contributed by atoms with E-state index in [1.54, 1.807) is 0 Å². The van der Waals surface area contributed by atoms with Crippen LogP contribution >= 0.6 is 0 Å². The summed E-state index contributed by atoms with van der Waals surface area (Å²) in [6.45, 7) is 14.2. The summed E-state index contributed by atoms with van der Waals surface area (Å²) in [5.41, 5.74) is 15.6. The van der Waals surface area contributed by atoms with Crippen LogP contribution < -0.4 is 0 Å². The van der Waals surface area contributed by atoms with Gasteiger partial charge in [0.25, 0.3) is 0 Å². The van der Waals surface area contributed by atoms with Crippen molar-refractivity contribution in [3.8, 4) is 33.4 Å². The molecule has 6 heteroatoms. The van der Waals surface area contributed by atoms with Crippen molar-refractivity contribution >= 4 is 65.4 Å². The van der Waals surface area contributed by atoms with Crippen LogP contribution in [0.25, 0.3) is 98.8 Å². The summed E-state index contributed by atoms with van der Waals surface area (Å²) in [5.74, 6) is 0. The number of aryl methyl sites for hydroxylation is 3. The molecule has 10 aromatic rings. The number of para-hydroxylation sites is 3. The van der Waals surface area contributed by atoms with Crippen molar-refractivity contribution < 1.29 is 0 Å². The Labute approximate surface area is 426 Å². The first-order valence-electron chi connectivity index (χ1n) is 28.1. The standard InChI is InChI=1S/C66H72N6/c1-10-31-67(32-11-1)37-16-40-70-61-22-7-4-19-55(61)58-46-49(25-28-64(58)70)52-43-53(50-26-29-65-59(47-50)56-20-5-8-23-62(56)71(65)41-17-38-68-33-12-2-13-34-68)45-54(44-52)51-27-30-66-60(48-51)57-21-6-9-24-63(57)72(66)42-18-39-69-35-14-3-15-36-69/h4-9,19-30,43-48H,1-3,10-18,31-42H2. The summed E-state index contributed by atoms with van der Waals surface area (Å²) in [7, 11) is 0. The molecular formula is C66H72N6. The van der Waals surface area contributed by atoms with Gasteiger partial charge in [0.05, 0.1) is 0 Å². The quantitative estimate of drug-likeness (QED) is 0.102. The van der Waals surface area contributed by atoms with Crippen LogP contribution in [0, 0.1) is 0 Å². The van der Waals surface area contributed by atoms with Crippen molar-refractivity contribution in [1.82, 2.24) is 28.4 Å². The van der Waals surface area contributed by atoms with Gasteiger partial charge in [0.15, 0.2) is 0 Å². The highest BCUT2D eigenvalue weighted by atomic mass is 15.1. The molecule has 3 aromatic heterocycles. The van der Waals surface area contributed by atoms with Gasteiger partial charge in [-0.2, -0.15) is 0 Å². The van der Waals surface area contributed by atoms with Gasteiger partial charge in [-0.05, 0) is 223 Å². The molecule has 0 radical (unpaired) electrons. The van der Waals surface area contributed by atoms with E-state index in [9.17, 15) is 0 Å². The Morgan fingerprint density at radius 3 is 0.819 bits per heavy atom. The predicted molar refractivity (Wildman–Crippen MR) is 306 cm³/mol. The molecule has 6 nitrogen and oxygen atoms in total.